The molecule has 2 heterocycles. The van der Waals surface area contributed by atoms with Crippen LogP contribution in [-0.4, -0.2) is 10.5 Å². The first-order valence-corrected chi connectivity index (χ1v) is 12.3. The zero-order valence-corrected chi connectivity index (χ0v) is 21.0. The molecule has 0 spiro atoms. The third kappa shape index (κ3) is 4.33. The van der Waals surface area contributed by atoms with Crippen molar-refractivity contribution in [1.29, 1.82) is 5.26 Å². The number of rotatable bonds is 5. The van der Waals surface area contributed by atoms with Crippen LogP contribution in [0.1, 0.15) is 67.7 Å². The number of hydrogen-bond acceptors (Lipinski definition) is 5. The standard InChI is InChI=1S/C28H28N4O2S/c1-15(2)18-7-5-17(6-8-18)13-22-27(34)32-25(30)21(14-29)23(24(26(31)33)28(32)35-22)20-11-9-19(10-12-20)16(3)4/h5-13,15-16,23H,30H2,1-4H3,(H2,31,33)/b22-13-/t23-/m1/s1. The lowest BCUT2D eigenvalue weighted by Crippen LogP contribution is -2.41. The van der Waals surface area contributed by atoms with Gasteiger partial charge in [0.05, 0.1) is 27.7 Å². The summed E-state index contributed by atoms with van der Waals surface area (Å²) >= 11 is 1.16. The van der Waals surface area contributed by atoms with E-state index in [9.17, 15) is 14.9 Å². The van der Waals surface area contributed by atoms with Gasteiger partial charge in [0.2, 0.25) is 5.91 Å². The molecule has 0 aliphatic carbocycles. The van der Waals surface area contributed by atoms with Gasteiger partial charge in [-0.05, 0) is 40.2 Å². The summed E-state index contributed by atoms with van der Waals surface area (Å²) in [6.45, 7) is 8.42. The minimum absolute atomic E-state index is 0.0292. The number of allylic oxidation sites excluding steroid dienone is 1. The van der Waals surface area contributed by atoms with Crippen molar-refractivity contribution >= 4 is 34.7 Å². The molecule has 4 N–H and O–H groups in total. The van der Waals surface area contributed by atoms with Gasteiger partial charge in [-0.1, -0.05) is 76.2 Å². The number of hydrogen-bond donors (Lipinski definition) is 2. The van der Waals surface area contributed by atoms with Gasteiger partial charge in [-0.15, -0.1) is 11.3 Å². The smallest absolute Gasteiger partial charge is 0.274 e. The summed E-state index contributed by atoms with van der Waals surface area (Å²) in [7, 11) is 0. The number of nitrogens with two attached hydrogens (primary N) is 2. The summed E-state index contributed by atoms with van der Waals surface area (Å²) in [5, 5.41) is 9.99. The lowest BCUT2D eigenvalue weighted by atomic mass is 9.83. The summed E-state index contributed by atoms with van der Waals surface area (Å²) in [5.74, 6) is -0.666. The molecule has 3 aromatic rings. The number of thiazole rings is 1. The minimum Gasteiger partial charge on any atom is -0.384 e. The number of carbonyl (C=O) groups is 1. The van der Waals surface area contributed by atoms with Gasteiger partial charge in [-0.3, -0.25) is 14.2 Å². The molecule has 35 heavy (non-hydrogen) atoms. The molecular formula is C28H28N4O2S. The van der Waals surface area contributed by atoms with E-state index >= 15 is 0 Å². The molecule has 1 aliphatic heterocycles. The van der Waals surface area contributed by atoms with E-state index in [0.29, 0.717) is 21.0 Å². The number of nitriles is 1. The van der Waals surface area contributed by atoms with E-state index < -0.39 is 11.8 Å². The van der Waals surface area contributed by atoms with Crippen molar-refractivity contribution in [1.82, 2.24) is 4.57 Å². The molecule has 1 atom stereocenters. The highest BCUT2D eigenvalue weighted by Crippen LogP contribution is 2.36. The summed E-state index contributed by atoms with van der Waals surface area (Å²) in [6.07, 6.45) is 1.77. The molecule has 0 radical (unpaired) electrons. The quantitative estimate of drug-likeness (QED) is 0.579. The fourth-order valence-electron chi connectivity index (χ4n) is 4.32. The van der Waals surface area contributed by atoms with Gasteiger partial charge in [0, 0.05) is 0 Å². The van der Waals surface area contributed by atoms with E-state index in [2.05, 4.69) is 33.8 Å². The second-order valence-corrected chi connectivity index (χ2v) is 10.4. The van der Waals surface area contributed by atoms with E-state index in [1.165, 1.54) is 10.1 Å². The molecule has 0 saturated heterocycles. The van der Waals surface area contributed by atoms with Gasteiger partial charge in [0.15, 0.2) is 0 Å². The summed E-state index contributed by atoms with van der Waals surface area (Å²) in [5.41, 5.74) is 16.1. The van der Waals surface area contributed by atoms with Crippen LogP contribution in [0.3, 0.4) is 0 Å². The van der Waals surface area contributed by atoms with Crippen LogP contribution in [0.25, 0.3) is 17.5 Å². The fraction of sp³-hybridized carbons (Fsp3) is 0.250. The molecule has 0 unspecified atom stereocenters. The Labute approximate surface area is 208 Å². The first kappa shape index (κ1) is 24.2. The molecule has 1 aromatic heterocycles. The molecule has 4 rings (SSSR count). The molecule has 1 amide bonds. The maximum Gasteiger partial charge on any atom is 0.274 e. The molecule has 0 saturated carbocycles. The Morgan fingerprint density at radius 3 is 2.06 bits per heavy atom. The third-order valence-corrected chi connectivity index (χ3v) is 7.48. The van der Waals surface area contributed by atoms with Gasteiger partial charge in [-0.2, -0.15) is 5.26 Å². The van der Waals surface area contributed by atoms with E-state index in [0.717, 1.165) is 28.0 Å². The van der Waals surface area contributed by atoms with Crippen molar-refractivity contribution in [2.45, 2.75) is 45.4 Å². The van der Waals surface area contributed by atoms with Crippen molar-refractivity contribution in [2.24, 2.45) is 11.5 Å². The number of nitrogens with zero attached hydrogens (tertiary/aromatic N) is 2. The second kappa shape index (κ2) is 9.40. The predicted molar refractivity (Wildman–Crippen MR) is 141 cm³/mol. The predicted octanol–water partition coefficient (Wildman–Crippen LogP) is 3.07. The van der Waals surface area contributed by atoms with E-state index in [-0.39, 0.29) is 22.5 Å². The summed E-state index contributed by atoms with van der Waals surface area (Å²) < 4.78 is 2.02. The van der Waals surface area contributed by atoms with Crippen molar-refractivity contribution in [3.8, 4) is 6.07 Å². The van der Waals surface area contributed by atoms with Gasteiger partial charge < -0.3 is 11.5 Å². The lowest BCUT2D eigenvalue weighted by molar-refractivity contribution is -0.113. The van der Waals surface area contributed by atoms with Crippen molar-refractivity contribution in [3.63, 3.8) is 0 Å². The molecule has 2 aromatic carbocycles. The first-order chi connectivity index (χ1) is 16.6. The summed E-state index contributed by atoms with van der Waals surface area (Å²) in [6, 6.07) is 17.8. The molecule has 0 bridgehead atoms. The highest BCUT2D eigenvalue weighted by molar-refractivity contribution is 7.07. The second-order valence-electron chi connectivity index (χ2n) is 9.32. The topological polar surface area (TPSA) is 115 Å². The maximum absolute atomic E-state index is 13.3. The van der Waals surface area contributed by atoms with Gasteiger partial charge >= 0.3 is 0 Å². The third-order valence-electron chi connectivity index (χ3n) is 6.37. The Morgan fingerprint density at radius 2 is 1.57 bits per heavy atom. The molecule has 0 fully saturated rings. The number of primary amides is 1. The van der Waals surface area contributed by atoms with Crippen LogP contribution in [0.15, 0.2) is 58.9 Å². The molecule has 6 nitrogen and oxygen atoms in total. The minimum atomic E-state index is -0.741. The highest BCUT2D eigenvalue weighted by Gasteiger charge is 2.34. The highest BCUT2D eigenvalue weighted by atomic mass is 32.1. The Balaban J connectivity index is 1.97. The monoisotopic (exact) mass is 484 g/mol. The molecule has 1 aliphatic rings. The Morgan fingerprint density at radius 1 is 1.03 bits per heavy atom. The molecular weight excluding hydrogens is 456 g/mol. The SMILES string of the molecule is CC(C)c1ccc(/C=c2\sc3n(c2=O)C(N)=C(C#N)[C@@H](c2ccc(C(C)C)cc2)C=3C(N)=O)cc1. The number of fused-ring (bicyclic) bond motifs is 1. The number of aromatic nitrogens is 1. The Kier molecular flexibility index (Phi) is 6.51. The Hall–Kier alpha value is -3.89. The van der Waals surface area contributed by atoms with E-state index in [4.69, 9.17) is 11.5 Å². The van der Waals surface area contributed by atoms with Crippen LogP contribution in [0.5, 0.6) is 0 Å². The summed E-state index contributed by atoms with van der Waals surface area (Å²) in [4.78, 5) is 26.1. The van der Waals surface area contributed by atoms with E-state index in [1.807, 2.05) is 48.5 Å². The largest absolute Gasteiger partial charge is 0.384 e. The van der Waals surface area contributed by atoms with E-state index in [1.54, 1.807) is 6.08 Å². The van der Waals surface area contributed by atoms with Crippen LogP contribution >= 0.6 is 11.3 Å². The zero-order chi connectivity index (χ0) is 25.4. The molecule has 7 heteroatoms. The van der Waals surface area contributed by atoms with Crippen LogP contribution in [0.2, 0.25) is 0 Å². The van der Waals surface area contributed by atoms with Gasteiger partial charge in [0.25, 0.3) is 5.56 Å². The Bertz CT molecular complexity index is 1550. The van der Waals surface area contributed by atoms with Gasteiger partial charge in [-0.25, -0.2) is 0 Å². The normalized spacial score (nSPS) is 16.1. The average Bonchev–Trinajstić information content (AvgIpc) is 3.14. The first-order valence-electron chi connectivity index (χ1n) is 11.5. The van der Waals surface area contributed by atoms with Crippen molar-refractivity contribution in [3.05, 3.63) is 95.9 Å². The number of carbonyl (C=O) groups excluding carboxylic acids is 1. The average molecular weight is 485 g/mol. The maximum atomic E-state index is 13.3. The zero-order valence-electron chi connectivity index (χ0n) is 20.2. The lowest BCUT2D eigenvalue weighted by Gasteiger charge is -2.24. The van der Waals surface area contributed by atoms with Crippen molar-refractivity contribution < 1.29 is 4.79 Å². The van der Waals surface area contributed by atoms with Gasteiger partial charge in [0.1, 0.15) is 10.5 Å². The number of amides is 1. The fourth-order valence-corrected chi connectivity index (χ4v) is 5.50. The van der Waals surface area contributed by atoms with Crippen LogP contribution < -0.4 is 26.2 Å². The van der Waals surface area contributed by atoms with Crippen LogP contribution in [0, 0.1) is 11.3 Å². The number of benzene rings is 2. The van der Waals surface area contributed by atoms with Crippen LogP contribution in [0.4, 0.5) is 0 Å². The van der Waals surface area contributed by atoms with Crippen molar-refractivity contribution in [2.75, 3.05) is 0 Å². The molecule has 178 valence electrons. The van der Waals surface area contributed by atoms with Crippen LogP contribution in [-0.2, 0) is 4.79 Å².